The van der Waals surface area contributed by atoms with Crippen molar-refractivity contribution in [2.24, 2.45) is 4.99 Å². The van der Waals surface area contributed by atoms with Crippen molar-refractivity contribution in [2.45, 2.75) is 18.9 Å². The monoisotopic (exact) mass is 409 g/mol. The fraction of sp³-hybridized carbons (Fsp3) is 0.364. The molecule has 1 aromatic carbocycles. The maximum Gasteiger partial charge on any atom is 0.243 e. The lowest BCUT2D eigenvalue weighted by Gasteiger charge is -2.27. The Morgan fingerprint density at radius 2 is 2.10 bits per heavy atom. The normalized spacial score (nSPS) is 15.5. The van der Waals surface area contributed by atoms with Crippen molar-refractivity contribution in [1.29, 1.82) is 0 Å². The van der Waals surface area contributed by atoms with E-state index in [4.69, 9.17) is 6.42 Å². The van der Waals surface area contributed by atoms with Crippen molar-refractivity contribution in [1.82, 2.24) is 15.5 Å². The first-order chi connectivity index (χ1) is 14.2. The van der Waals surface area contributed by atoms with E-state index >= 15 is 0 Å². The molecule has 6 nitrogen and oxygen atoms in total. The summed E-state index contributed by atoms with van der Waals surface area (Å²) < 4.78 is 0. The fourth-order valence-corrected chi connectivity index (χ4v) is 4.27. The van der Waals surface area contributed by atoms with Crippen LogP contribution in [0.3, 0.4) is 0 Å². The summed E-state index contributed by atoms with van der Waals surface area (Å²) in [7, 11) is 1.71. The number of terminal acetylenes is 1. The molecule has 0 saturated carbocycles. The molecule has 0 spiro atoms. The Hall–Kier alpha value is -2.82. The number of benzene rings is 1. The Bertz CT molecular complexity index is 866. The maximum atomic E-state index is 12.3. The van der Waals surface area contributed by atoms with Gasteiger partial charge in [0, 0.05) is 29.7 Å². The van der Waals surface area contributed by atoms with E-state index in [1.54, 1.807) is 24.5 Å². The molecule has 2 aromatic rings. The molecular weight excluding hydrogens is 382 g/mol. The van der Waals surface area contributed by atoms with Gasteiger partial charge in [0.25, 0.3) is 0 Å². The van der Waals surface area contributed by atoms with E-state index in [-0.39, 0.29) is 12.5 Å². The van der Waals surface area contributed by atoms with Gasteiger partial charge in [-0.2, -0.15) is 0 Å². The van der Waals surface area contributed by atoms with Gasteiger partial charge in [0.2, 0.25) is 5.91 Å². The van der Waals surface area contributed by atoms with Gasteiger partial charge < -0.3 is 16.0 Å². The van der Waals surface area contributed by atoms with Gasteiger partial charge in [0.15, 0.2) is 5.96 Å². The first-order valence-electron chi connectivity index (χ1n) is 9.78. The Kier molecular flexibility index (Phi) is 7.68. The zero-order valence-electron chi connectivity index (χ0n) is 16.6. The summed E-state index contributed by atoms with van der Waals surface area (Å²) in [5.41, 5.74) is 1.41. The lowest BCUT2D eigenvalue weighted by molar-refractivity contribution is -0.115. The molecule has 152 valence electrons. The zero-order valence-corrected chi connectivity index (χ0v) is 17.5. The van der Waals surface area contributed by atoms with Crippen molar-refractivity contribution in [2.75, 3.05) is 38.5 Å². The minimum absolute atomic E-state index is 0.118. The van der Waals surface area contributed by atoms with Crippen LogP contribution in [0.25, 0.3) is 0 Å². The standard InChI is InChI=1S/C22H27N5OS/c1-3-17-8-6-9-18(14-17)26-21(28)16-25-22(23-2)24-15-19(20-10-7-13-29-20)27-11-4-5-12-27/h1,6-10,13-14,19H,4-5,11-12,15-16H2,2H3,(H,26,28)(H2,23,24,25). The summed E-state index contributed by atoms with van der Waals surface area (Å²) in [5.74, 6) is 3.02. The van der Waals surface area contributed by atoms with Crippen LogP contribution in [0.2, 0.25) is 0 Å². The van der Waals surface area contributed by atoms with Gasteiger partial charge in [-0.05, 0) is 55.6 Å². The minimum atomic E-state index is -0.156. The van der Waals surface area contributed by atoms with Gasteiger partial charge in [-0.15, -0.1) is 17.8 Å². The van der Waals surface area contributed by atoms with E-state index < -0.39 is 0 Å². The highest BCUT2D eigenvalue weighted by Gasteiger charge is 2.24. The van der Waals surface area contributed by atoms with Crippen LogP contribution < -0.4 is 16.0 Å². The van der Waals surface area contributed by atoms with Crippen LogP contribution in [0.4, 0.5) is 5.69 Å². The molecule has 1 saturated heterocycles. The number of nitrogens with one attached hydrogen (secondary N) is 3. The van der Waals surface area contributed by atoms with Gasteiger partial charge >= 0.3 is 0 Å². The summed E-state index contributed by atoms with van der Waals surface area (Å²) >= 11 is 1.78. The molecule has 3 rings (SSSR count). The molecular formula is C22H27N5OS. The maximum absolute atomic E-state index is 12.3. The zero-order chi connectivity index (χ0) is 20.5. The van der Waals surface area contributed by atoms with E-state index in [1.165, 1.54) is 17.7 Å². The smallest absolute Gasteiger partial charge is 0.243 e. The molecule has 0 radical (unpaired) electrons. The second-order valence-corrected chi connectivity index (χ2v) is 7.83. The third kappa shape index (κ3) is 6.08. The van der Waals surface area contributed by atoms with Crippen LogP contribution in [0.1, 0.15) is 29.3 Å². The first-order valence-corrected chi connectivity index (χ1v) is 10.7. The molecule has 0 aliphatic carbocycles. The number of guanidine groups is 1. The molecule has 0 bridgehead atoms. The Morgan fingerprint density at radius 1 is 1.28 bits per heavy atom. The van der Waals surface area contributed by atoms with Gasteiger partial charge in [-0.3, -0.25) is 14.7 Å². The lowest BCUT2D eigenvalue weighted by atomic mass is 10.2. The molecule has 1 aliphatic rings. The summed E-state index contributed by atoms with van der Waals surface area (Å²) in [6, 6.07) is 11.8. The predicted molar refractivity (Wildman–Crippen MR) is 120 cm³/mol. The number of likely N-dealkylation sites (tertiary alicyclic amines) is 1. The minimum Gasteiger partial charge on any atom is -0.354 e. The number of carbonyl (C=O) groups excluding carboxylic acids is 1. The summed E-state index contributed by atoms with van der Waals surface area (Å²) in [6.45, 7) is 3.10. The highest BCUT2D eigenvalue weighted by Crippen LogP contribution is 2.27. The summed E-state index contributed by atoms with van der Waals surface area (Å²) in [5, 5.41) is 11.4. The molecule has 1 amide bonds. The topological polar surface area (TPSA) is 68.8 Å². The molecule has 7 heteroatoms. The fourth-order valence-electron chi connectivity index (χ4n) is 3.41. The van der Waals surface area contributed by atoms with Crippen LogP contribution >= 0.6 is 11.3 Å². The third-order valence-electron chi connectivity index (χ3n) is 4.87. The van der Waals surface area contributed by atoms with Gasteiger partial charge in [0.05, 0.1) is 12.6 Å². The second kappa shape index (κ2) is 10.6. The van der Waals surface area contributed by atoms with Crippen LogP contribution in [0, 0.1) is 12.3 Å². The van der Waals surface area contributed by atoms with Gasteiger partial charge in [-0.1, -0.05) is 18.1 Å². The van der Waals surface area contributed by atoms with Crippen molar-refractivity contribution in [3.8, 4) is 12.3 Å². The Morgan fingerprint density at radius 3 is 2.79 bits per heavy atom. The highest BCUT2D eigenvalue weighted by molar-refractivity contribution is 7.10. The number of thiophene rings is 1. The molecule has 1 aromatic heterocycles. The van der Waals surface area contributed by atoms with E-state index in [0.717, 1.165) is 25.2 Å². The Labute approximate surface area is 176 Å². The van der Waals surface area contributed by atoms with E-state index in [2.05, 4.69) is 49.3 Å². The lowest BCUT2D eigenvalue weighted by Crippen LogP contribution is -2.44. The molecule has 1 fully saturated rings. The van der Waals surface area contributed by atoms with Crippen molar-refractivity contribution >= 4 is 28.9 Å². The van der Waals surface area contributed by atoms with Crippen LogP contribution in [-0.4, -0.2) is 50.0 Å². The van der Waals surface area contributed by atoms with E-state index in [0.29, 0.717) is 17.7 Å². The molecule has 29 heavy (non-hydrogen) atoms. The van der Waals surface area contributed by atoms with Crippen molar-refractivity contribution in [3.05, 3.63) is 52.2 Å². The summed E-state index contributed by atoms with van der Waals surface area (Å²) in [4.78, 5) is 20.4. The SMILES string of the molecule is C#Cc1cccc(NC(=O)CNC(=NC)NCC(c2cccs2)N2CCCC2)c1. The molecule has 1 atom stereocenters. The van der Waals surface area contributed by atoms with Crippen LogP contribution in [0.5, 0.6) is 0 Å². The molecule has 1 aliphatic heterocycles. The van der Waals surface area contributed by atoms with E-state index in [1.807, 2.05) is 18.2 Å². The van der Waals surface area contributed by atoms with E-state index in [9.17, 15) is 4.79 Å². The number of carbonyl (C=O) groups is 1. The molecule has 1 unspecified atom stereocenters. The third-order valence-corrected chi connectivity index (χ3v) is 5.84. The summed E-state index contributed by atoms with van der Waals surface area (Å²) in [6.07, 6.45) is 7.89. The number of nitrogens with zero attached hydrogens (tertiary/aromatic N) is 2. The Balaban J connectivity index is 1.50. The van der Waals surface area contributed by atoms with Crippen molar-refractivity contribution in [3.63, 3.8) is 0 Å². The van der Waals surface area contributed by atoms with Crippen LogP contribution in [0.15, 0.2) is 46.8 Å². The number of hydrogen-bond donors (Lipinski definition) is 3. The quantitative estimate of drug-likeness (QED) is 0.374. The first kappa shape index (κ1) is 20.9. The average Bonchev–Trinajstić information content (AvgIpc) is 3.45. The van der Waals surface area contributed by atoms with Crippen LogP contribution in [-0.2, 0) is 4.79 Å². The predicted octanol–water partition coefficient (Wildman–Crippen LogP) is 2.67. The highest BCUT2D eigenvalue weighted by atomic mass is 32.1. The number of hydrogen-bond acceptors (Lipinski definition) is 4. The second-order valence-electron chi connectivity index (χ2n) is 6.85. The number of amides is 1. The molecule has 2 heterocycles. The number of anilines is 1. The number of aliphatic imine (C=N–C) groups is 1. The molecule has 3 N–H and O–H groups in total. The number of rotatable bonds is 7. The van der Waals surface area contributed by atoms with Crippen molar-refractivity contribution < 1.29 is 4.79 Å². The van der Waals surface area contributed by atoms with Gasteiger partial charge in [0.1, 0.15) is 0 Å². The largest absolute Gasteiger partial charge is 0.354 e. The average molecular weight is 410 g/mol. The van der Waals surface area contributed by atoms with Gasteiger partial charge in [-0.25, -0.2) is 0 Å².